The lowest BCUT2D eigenvalue weighted by atomic mass is 10.2. The number of nitrogens with one attached hydrogen (secondary N) is 1. The van der Waals surface area contributed by atoms with Crippen molar-refractivity contribution in [3.63, 3.8) is 0 Å². The number of non-ortho nitro benzene ring substituents is 1. The molecule has 1 unspecified atom stereocenters. The summed E-state index contributed by atoms with van der Waals surface area (Å²) in [5.41, 5.74) is 1.29. The van der Waals surface area contributed by atoms with Gasteiger partial charge in [-0.15, -0.1) is 11.3 Å². The van der Waals surface area contributed by atoms with Crippen LogP contribution in [-0.4, -0.2) is 21.1 Å². The molecule has 0 aliphatic carbocycles. The normalized spacial score (nSPS) is 11.9. The second-order valence-corrected chi connectivity index (χ2v) is 6.76. The quantitative estimate of drug-likeness (QED) is 0.517. The first-order chi connectivity index (χ1) is 9.95. The lowest BCUT2D eigenvalue weighted by Gasteiger charge is -2.10. The Labute approximate surface area is 129 Å². The van der Waals surface area contributed by atoms with Gasteiger partial charge in [-0.05, 0) is 19.9 Å². The number of thiazole rings is 1. The number of carbonyl (C=O) groups is 1. The maximum atomic E-state index is 12.1. The lowest BCUT2D eigenvalue weighted by molar-refractivity contribution is -0.384. The van der Waals surface area contributed by atoms with Crippen LogP contribution < -0.4 is 5.32 Å². The maximum Gasteiger partial charge on any atom is 0.271 e. The topological polar surface area (TPSA) is 85.1 Å². The molecule has 2 rings (SSSR count). The summed E-state index contributed by atoms with van der Waals surface area (Å²) in [6.07, 6.45) is 0. The van der Waals surface area contributed by atoms with Gasteiger partial charge >= 0.3 is 0 Å². The monoisotopic (exact) mass is 323 g/mol. The first kappa shape index (κ1) is 15.5. The number of thioether (sulfide) groups is 1. The summed E-state index contributed by atoms with van der Waals surface area (Å²) in [7, 11) is 0. The van der Waals surface area contributed by atoms with Crippen LogP contribution in [0.1, 0.15) is 12.6 Å². The maximum absolute atomic E-state index is 12.1. The minimum Gasteiger partial charge on any atom is -0.325 e. The number of hydrogen-bond acceptors (Lipinski definition) is 6. The van der Waals surface area contributed by atoms with Crippen molar-refractivity contribution in [2.75, 3.05) is 5.32 Å². The van der Waals surface area contributed by atoms with Gasteiger partial charge in [-0.2, -0.15) is 0 Å². The third-order valence-corrected chi connectivity index (χ3v) is 4.76. The van der Waals surface area contributed by atoms with Crippen molar-refractivity contribution in [3.8, 4) is 0 Å². The van der Waals surface area contributed by atoms with E-state index in [1.807, 2.05) is 12.3 Å². The van der Waals surface area contributed by atoms with E-state index in [1.165, 1.54) is 41.3 Å². The van der Waals surface area contributed by atoms with Gasteiger partial charge in [0.1, 0.15) is 0 Å². The molecule has 6 nitrogen and oxygen atoms in total. The lowest BCUT2D eigenvalue weighted by Crippen LogP contribution is -2.22. The number of anilines is 1. The van der Waals surface area contributed by atoms with Crippen LogP contribution in [0.5, 0.6) is 0 Å². The fourth-order valence-corrected chi connectivity index (χ4v) is 3.52. The predicted molar refractivity (Wildman–Crippen MR) is 83.9 cm³/mol. The second kappa shape index (κ2) is 6.68. The van der Waals surface area contributed by atoms with E-state index in [2.05, 4.69) is 10.3 Å². The zero-order chi connectivity index (χ0) is 15.4. The van der Waals surface area contributed by atoms with E-state index >= 15 is 0 Å². The highest BCUT2D eigenvalue weighted by Gasteiger charge is 2.17. The smallest absolute Gasteiger partial charge is 0.271 e. The molecule has 110 valence electrons. The van der Waals surface area contributed by atoms with E-state index in [0.717, 1.165) is 10.0 Å². The van der Waals surface area contributed by atoms with Crippen LogP contribution in [0.4, 0.5) is 11.4 Å². The number of nitrogens with zero attached hydrogens (tertiary/aromatic N) is 2. The van der Waals surface area contributed by atoms with E-state index in [0.29, 0.717) is 5.69 Å². The highest BCUT2D eigenvalue weighted by molar-refractivity contribution is 8.02. The van der Waals surface area contributed by atoms with Crippen LogP contribution in [0, 0.1) is 17.0 Å². The Balaban J connectivity index is 2.00. The van der Waals surface area contributed by atoms with Gasteiger partial charge in [0.25, 0.3) is 5.69 Å². The zero-order valence-corrected chi connectivity index (χ0v) is 13.0. The van der Waals surface area contributed by atoms with Crippen LogP contribution >= 0.6 is 23.1 Å². The average molecular weight is 323 g/mol. The Hall–Kier alpha value is -1.93. The number of aryl methyl sites for hydroxylation is 1. The minimum absolute atomic E-state index is 0.0522. The molecule has 21 heavy (non-hydrogen) atoms. The first-order valence-electron chi connectivity index (χ1n) is 6.10. The molecule has 0 aliphatic rings. The number of rotatable bonds is 5. The van der Waals surface area contributed by atoms with E-state index in [4.69, 9.17) is 0 Å². The molecule has 0 aliphatic heterocycles. The van der Waals surface area contributed by atoms with Gasteiger partial charge in [-0.1, -0.05) is 17.8 Å². The van der Waals surface area contributed by atoms with Crippen molar-refractivity contribution in [1.82, 2.24) is 4.98 Å². The van der Waals surface area contributed by atoms with Crippen molar-refractivity contribution < 1.29 is 9.72 Å². The Morgan fingerprint density at radius 1 is 1.52 bits per heavy atom. The number of aromatic nitrogens is 1. The van der Waals surface area contributed by atoms with Crippen LogP contribution in [0.15, 0.2) is 34.0 Å². The van der Waals surface area contributed by atoms with Crippen molar-refractivity contribution in [2.24, 2.45) is 0 Å². The molecule has 1 aromatic carbocycles. The number of hydrogen-bond donors (Lipinski definition) is 1. The predicted octanol–water partition coefficient (Wildman–Crippen LogP) is 3.48. The van der Waals surface area contributed by atoms with E-state index in [9.17, 15) is 14.9 Å². The Kier molecular flexibility index (Phi) is 4.92. The molecule has 1 amide bonds. The molecule has 0 saturated heterocycles. The van der Waals surface area contributed by atoms with Crippen molar-refractivity contribution >= 4 is 40.4 Å². The second-order valence-electron chi connectivity index (χ2n) is 4.31. The summed E-state index contributed by atoms with van der Waals surface area (Å²) >= 11 is 2.85. The number of nitro benzene ring substituents is 1. The molecule has 8 heteroatoms. The average Bonchev–Trinajstić information content (AvgIpc) is 2.84. The summed E-state index contributed by atoms with van der Waals surface area (Å²) in [6, 6.07) is 5.88. The highest BCUT2D eigenvalue weighted by atomic mass is 32.2. The van der Waals surface area contributed by atoms with Gasteiger partial charge in [0, 0.05) is 28.9 Å². The van der Waals surface area contributed by atoms with Gasteiger partial charge in [0.15, 0.2) is 4.34 Å². The summed E-state index contributed by atoms with van der Waals surface area (Å²) in [4.78, 5) is 26.6. The number of nitro groups is 1. The molecule has 0 fully saturated rings. The number of amides is 1. The summed E-state index contributed by atoms with van der Waals surface area (Å²) in [5.74, 6) is -0.214. The van der Waals surface area contributed by atoms with E-state index in [1.54, 1.807) is 13.0 Å². The Morgan fingerprint density at radius 3 is 2.90 bits per heavy atom. The van der Waals surface area contributed by atoms with Gasteiger partial charge in [0.05, 0.1) is 10.2 Å². The molecule has 1 N–H and O–H groups in total. The highest BCUT2D eigenvalue weighted by Crippen LogP contribution is 2.27. The number of benzene rings is 1. The Morgan fingerprint density at radius 2 is 2.29 bits per heavy atom. The molecule has 1 aromatic heterocycles. The summed E-state index contributed by atoms with van der Waals surface area (Å²) in [5, 5.41) is 15.0. The summed E-state index contributed by atoms with van der Waals surface area (Å²) < 4.78 is 0.828. The van der Waals surface area contributed by atoms with Crippen molar-refractivity contribution in [1.29, 1.82) is 0 Å². The number of carbonyl (C=O) groups excluding carboxylic acids is 1. The van der Waals surface area contributed by atoms with Crippen LogP contribution in [0.3, 0.4) is 0 Å². The van der Waals surface area contributed by atoms with E-state index in [-0.39, 0.29) is 16.8 Å². The van der Waals surface area contributed by atoms with Gasteiger partial charge < -0.3 is 5.32 Å². The minimum atomic E-state index is -0.494. The molecule has 1 heterocycles. The van der Waals surface area contributed by atoms with Crippen molar-refractivity contribution in [3.05, 3.63) is 45.5 Å². The SMILES string of the molecule is Cc1csc(SC(C)C(=O)Nc2cccc([N+](=O)[O-])c2)n1. The fraction of sp³-hybridized carbons (Fsp3) is 0.231. The molecule has 0 saturated carbocycles. The molecule has 0 radical (unpaired) electrons. The molecule has 1 atom stereocenters. The Bertz CT molecular complexity index is 672. The van der Waals surface area contributed by atoms with Crippen LogP contribution in [-0.2, 0) is 4.79 Å². The molecule has 0 spiro atoms. The standard InChI is InChI=1S/C13H13N3O3S2/c1-8-7-20-13(14-8)21-9(2)12(17)15-10-4-3-5-11(6-10)16(18)19/h3-7,9H,1-2H3,(H,15,17). The third kappa shape index (κ3) is 4.27. The summed E-state index contributed by atoms with van der Waals surface area (Å²) in [6.45, 7) is 3.67. The van der Waals surface area contributed by atoms with Gasteiger partial charge in [-0.3, -0.25) is 14.9 Å². The van der Waals surface area contributed by atoms with Crippen molar-refractivity contribution in [2.45, 2.75) is 23.4 Å². The molecular formula is C13H13N3O3S2. The molecular weight excluding hydrogens is 310 g/mol. The van der Waals surface area contributed by atoms with Gasteiger partial charge in [-0.25, -0.2) is 4.98 Å². The van der Waals surface area contributed by atoms with Crippen LogP contribution in [0.2, 0.25) is 0 Å². The van der Waals surface area contributed by atoms with Gasteiger partial charge in [0.2, 0.25) is 5.91 Å². The third-order valence-electron chi connectivity index (χ3n) is 2.57. The molecule has 2 aromatic rings. The largest absolute Gasteiger partial charge is 0.325 e. The van der Waals surface area contributed by atoms with E-state index < -0.39 is 4.92 Å². The van der Waals surface area contributed by atoms with Crippen LogP contribution in [0.25, 0.3) is 0 Å². The zero-order valence-electron chi connectivity index (χ0n) is 11.4. The first-order valence-corrected chi connectivity index (χ1v) is 7.86. The fourth-order valence-electron chi connectivity index (χ4n) is 1.53. The molecule has 0 bridgehead atoms.